The zero-order valence-electron chi connectivity index (χ0n) is 12.9. The summed E-state index contributed by atoms with van der Waals surface area (Å²) in [5.41, 5.74) is 6.00. The molecule has 1 aliphatic carbocycles. The molecule has 4 nitrogen and oxygen atoms in total. The fourth-order valence-corrected chi connectivity index (χ4v) is 2.80. The Kier molecular flexibility index (Phi) is 5.81. The van der Waals surface area contributed by atoms with Crippen LogP contribution >= 0.6 is 0 Å². The van der Waals surface area contributed by atoms with E-state index >= 15 is 0 Å². The van der Waals surface area contributed by atoms with Crippen LogP contribution in [-0.4, -0.2) is 31.3 Å². The van der Waals surface area contributed by atoms with Crippen LogP contribution in [0.25, 0.3) is 0 Å². The van der Waals surface area contributed by atoms with Crippen LogP contribution < -0.4 is 5.73 Å². The van der Waals surface area contributed by atoms with Crippen LogP contribution in [0.5, 0.6) is 0 Å². The third-order valence-electron chi connectivity index (χ3n) is 4.57. The first-order chi connectivity index (χ1) is 8.76. The van der Waals surface area contributed by atoms with Crippen LogP contribution in [0.1, 0.15) is 47.5 Å². The molecule has 1 rings (SSSR count). The van der Waals surface area contributed by atoms with Crippen molar-refractivity contribution in [3.8, 4) is 0 Å². The van der Waals surface area contributed by atoms with Crippen molar-refractivity contribution >= 4 is 5.97 Å². The molecule has 19 heavy (non-hydrogen) atoms. The summed E-state index contributed by atoms with van der Waals surface area (Å²) in [7, 11) is 0. The van der Waals surface area contributed by atoms with Gasteiger partial charge in [0.25, 0.3) is 0 Å². The average molecular weight is 271 g/mol. The maximum absolute atomic E-state index is 12.2. The molecule has 3 unspecified atom stereocenters. The minimum absolute atomic E-state index is 0.0543. The van der Waals surface area contributed by atoms with Crippen molar-refractivity contribution < 1.29 is 14.3 Å². The van der Waals surface area contributed by atoms with Crippen LogP contribution in [0.4, 0.5) is 0 Å². The molecule has 0 spiro atoms. The molecule has 0 saturated heterocycles. The summed E-state index contributed by atoms with van der Waals surface area (Å²) in [6.07, 6.45) is 1.89. The number of ether oxygens (including phenoxy) is 2. The van der Waals surface area contributed by atoms with Crippen LogP contribution in [0.2, 0.25) is 0 Å². The van der Waals surface area contributed by atoms with Crippen LogP contribution in [0.3, 0.4) is 0 Å². The molecule has 0 aromatic carbocycles. The van der Waals surface area contributed by atoms with Gasteiger partial charge >= 0.3 is 5.97 Å². The molecule has 3 atom stereocenters. The largest absolute Gasteiger partial charge is 0.463 e. The van der Waals surface area contributed by atoms with Crippen molar-refractivity contribution in [2.24, 2.45) is 23.0 Å². The molecule has 0 aromatic heterocycles. The number of carbonyl (C=O) groups is 1. The van der Waals surface area contributed by atoms with Crippen molar-refractivity contribution in [3.63, 3.8) is 0 Å². The molecule has 1 aliphatic rings. The molecule has 112 valence electrons. The lowest BCUT2D eigenvalue weighted by Crippen LogP contribution is -2.49. The number of hydrogen-bond acceptors (Lipinski definition) is 4. The first-order valence-corrected chi connectivity index (χ1v) is 7.30. The topological polar surface area (TPSA) is 61.5 Å². The third kappa shape index (κ3) is 4.18. The van der Waals surface area contributed by atoms with Gasteiger partial charge in [-0.3, -0.25) is 4.79 Å². The second kappa shape index (κ2) is 6.71. The van der Waals surface area contributed by atoms with E-state index in [1.54, 1.807) is 0 Å². The minimum atomic E-state index is -0.104. The highest BCUT2D eigenvalue weighted by molar-refractivity contribution is 5.73. The highest BCUT2D eigenvalue weighted by Crippen LogP contribution is 2.44. The maximum atomic E-state index is 12.2. The van der Waals surface area contributed by atoms with Crippen molar-refractivity contribution in [1.82, 2.24) is 0 Å². The standard InChI is InChI=1S/C15H29NO3/c1-10(2)18-8-9-19-14(17)12-6-7-13(16)11(3)15(12,4)5/h10-13H,6-9,16H2,1-5H3. The molecule has 1 saturated carbocycles. The molecule has 0 amide bonds. The first kappa shape index (κ1) is 16.4. The Labute approximate surface area is 117 Å². The van der Waals surface area contributed by atoms with E-state index in [2.05, 4.69) is 20.8 Å². The summed E-state index contributed by atoms with van der Waals surface area (Å²) < 4.78 is 10.7. The summed E-state index contributed by atoms with van der Waals surface area (Å²) in [4.78, 5) is 12.2. The van der Waals surface area contributed by atoms with Gasteiger partial charge in [0.2, 0.25) is 0 Å². The molecular formula is C15H29NO3. The van der Waals surface area contributed by atoms with E-state index in [0.29, 0.717) is 19.1 Å². The van der Waals surface area contributed by atoms with Gasteiger partial charge in [-0.2, -0.15) is 0 Å². The summed E-state index contributed by atoms with van der Waals surface area (Å²) in [5.74, 6) is 0.170. The van der Waals surface area contributed by atoms with E-state index in [-0.39, 0.29) is 29.4 Å². The predicted molar refractivity (Wildman–Crippen MR) is 75.7 cm³/mol. The highest BCUT2D eigenvalue weighted by atomic mass is 16.6. The Hall–Kier alpha value is -0.610. The zero-order valence-corrected chi connectivity index (χ0v) is 12.9. The van der Waals surface area contributed by atoms with Gasteiger partial charge in [0.1, 0.15) is 6.61 Å². The predicted octanol–water partition coefficient (Wildman–Crippen LogP) is 2.35. The number of nitrogens with two attached hydrogens (primary N) is 1. The third-order valence-corrected chi connectivity index (χ3v) is 4.57. The average Bonchev–Trinajstić information content (AvgIpc) is 2.31. The Morgan fingerprint density at radius 3 is 2.53 bits per heavy atom. The Bertz CT molecular complexity index is 302. The second-order valence-corrected chi connectivity index (χ2v) is 6.49. The van der Waals surface area contributed by atoms with Crippen molar-refractivity contribution in [3.05, 3.63) is 0 Å². The Balaban J connectivity index is 2.47. The first-order valence-electron chi connectivity index (χ1n) is 7.30. The second-order valence-electron chi connectivity index (χ2n) is 6.49. The molecule has 0 aliphatic heterocycles. The smallest absolute Gasteiger partial charge is 0.309 e. The summed E-state index contributed by atoms with van der Waals surface area (Å²) in [6, 6.07) is 0.184. The van der Waals surface area contributed by atoms with Crippen molar-refractivity contribution in [1.29, 1.82) is 0 Å². The fourth-order valence-electron chi connectivity index (χ4n) is 2.80. The van der Waals surface area contributed by atoms with Gasteiger partial charge in [0.15, 0.2) is 0 Å². The minimum Gasteiger partial charge on any atom is -0.463 e. The van der Waals surface area contributed by atoms with Crippen LogP contribution in [-0.2, 0) is 14.3 Å². The zero-order chi connectivity index (χ0) is 14.6. The normalized spacial score (nSPS) is 30.4. The Morgan fingerprint density at radius 2 is 1.95 bits per heavy atom. The van der Waals surface area contributed by atoms with E-state index in [1.807, 2.05) is 13.8 Å². The molecule has 4 heteroatoms. The van der Waals surface area contributed by atoms with E-state index in [1.165, 1.54) is 0 Å². The number of carbonyl (C=O) groups excluding carboxylic acids is 1. The maximum Gasteiger partial charge on any atom is 0.309 e. The van der Waals surface area contributed by atoms with Crippen LogP contribution in [0, 0.1) is 17.3 Å². The Morgan fingerprint density at radius 1 is 1.32 bits per heavy atom. The van der Waals surface area contributed by atoms with Gasteiger partial charge in [-0.25, -0.2) is 0 Å². The monoisotopic (exact) mass is 271 g/mol. The van der Waals surface area contributed by atoms with Gasteiger partial charge in [-0.15, -0.1) is 0 Å². The molecule has 0 bridgehead atoms. The molecule has 0 aromatic rings. The van der Waals surface area contributed by atoms with E-state index < -0.39 is 0 Å². The van der Waals surface area contributed by atoms with Crippen molar-refractivity contribution in [2.75, 3.05) is 13.2 Å². The van der Waals surface area contributed by atoms with Gasteiger partial charge in [0.05, 0.1) is 18.6 Å². The highest BCUT2D eigenvalue weighted by Gasteiger charge is 2.45. The van der Waals surface area contributed by atoms with Crippen LogP contribution in [0.15, 0.2) is 0 Å². The lowest BCUT2D eigenvalue weighted by atomic mass is 9.61. The fraction of sp³-hybridized carbons (Fsp3) is 0.933. The van der Waals surface area contributed by atoms with Gasteiger partial charge in [-0.1, -0.05) is 20.8 Å². The van der Waals surface area contributed by atoms with E-state index in [9.17, 15) is 4.79 Å². The molecule has 1 fully saturated rings. The lowest BCUT2D eigenvalue weighted by molar-refractivity contribution is -0.158. The lowest BCUT2D eigenvalue weighted by Gasteiger charge is -2.45. The van der Waals surface area contributed by atoms with E-state index in [4.69, 9.17) is 15.2 Å². The quantitative estimate of drug-likeness (QED) is 0.616. The van der Waals surface area contributed by atoms with E-state index in [0.717, 1.165) is 12.8 Å². The molecule has 2 N–H and O–H groups in total. The number of rotatable bonds is 5. The molecule has 0 heterocycles. The summed E-state index contributed by atoms with van der Waals surface area (Å²) in [6.45, 7) is 11.1. The molecule has 0 radical (unpaired) electrons. The number of hydrogen-bond donors (Lipinski definition) is 1. The SMILES string of the molecule is CC(C)OCCOC(=O)C1CCC(N)C(C)C1(C)C. The number of esters is 1. The summed E-state index contributed by atoms with van der Waals surface area (Å²) >= 11 is 0. The van der Waals surface area contributed by atoms with Gasteiger partial charge in [-0.05, 0) is 38.0 Å². The van der Waals surface area contributed by atoms with Gasteiger partial charge < -0.3 is 15.2 Å². The van der Waals surface area contributed by atoms with Gasteiger partial charge in [0, 0.05) is 6.04 Å². The van der Waals surface area contributed by atoms with Crippen molar-refractivity contribution in [2.45, 2.75) is 59.6 Å². The summed E-state index contributed by atoms with van der Waals surface area (Å²) in [5, 5.41) is 0. The molecular weight excluding hydrogens is 242 g/mol.